The van der Waals surface area contributed by atoms with E-state index in [2.05, 4.69) is 4.48 Å². The third kappa shape index (κ3) is 497. The quantitative estimate of drug-likeness (QED) is 0.316. The SMILES string of the molecule is O=CO.O=CO.[NH2][Zn]. The van der Waals surface area contributed by atoms with Crippen LogP contribution in [0.1, 0.15) is 0 Å². The Hall–Kier alpha value is -0.477. The molecule has 45 valence electrons. The Balaban J connectivity index is -0.0000000483. The minimum absolute atomic E-state index is 0.250. The van der Waals surface area contributed by atoms with E-state index in [9.17, 15) is 0 Å². The Morgan fingerprint density at radius 3 is 1.12 bits per heavy atom. The molecule has 0 aliphatic carbocycles. The molecule has 0 spiro atoms. The molecule has 5 nitrogen and oxygen atoms in total. The molecule has 0 atom stereocenters. The van der Waals surface area contributed by atoms with Gasteiger partial charge in [-0.1, -0.05) is 0 Å². The zero-order chi connectivity index (χ0) is 7.41. The van der Waals surface area contributed by atoms with E-state index in [0.717, 1.165) is 18.5 Å². The van der Waals surface area contributed by atoms with Gasteiger partial charge in [0.15, 0.2) is 0 Å². The fourth-order valence-corrected chi connectivity index (χ4v) is 0. The van der Waals surface area contributed by atoms with Crippen molar-refractivity contribution in [3.63, 3.8) is 0 Å². The topological polar surface area (TPSA) is 101 Å². The second-order valence-corrected chi connectivity index (χ2v) is 0.211. The Morgan fingerprint density at radius 2 is 1.12 bits per heavy atom. The maximum atomic E-state index is 8.36. The van der Waals surface area contributed by atoms with Crippen molar-refractivity contribution in [3.8, 4) is 0 Å². The van der Waals surface area contributed by atoms with E-state index in [4.69, 9.17) is 19.8 Å². The zero-order valence-corrected chi connectivity index (χ0v) is 7.12. The van der Waals surface area contributed by atoms with Crippen LogP contribution in [0.3, 0.4) is 0 Å². The van der Waals surface area contributed by atoms with Gasteiger partial charge >= 0.3 is 23.0 Å². The molecule has 0 aromatic heterocycles. The van der Waals surface area contributed by atoms with Gasteiger partial charge in [0.25, 0.3) is 12.9 Å². The van der Waals surface area contributed by atoms with E-state index in [-0.39, 0.29) is 12.9 Å². The molecule has 0 saturated carbocycles. The summed E-state index contributed by atoms with van der Waals surface area (Å²) in [6.07, 6.45) is 0. The summed E-state index contributed by atoms with van der Waals surface area (Å²) in [5.74, 6) is 0. The first-order valence-electron chi connectivity index (χ1n) is 1.40. The van der Waals surface area contributed by atoms with Crippen LogP contribution in [0.5, 0.6) is 0 Å². The molecular weight excluding hydrogens is 167 g/mol. The van der Waals surface area contributed by atoms with Gasteiger partial charge < -0.3 is 10.2 Å². The van der Waals surface area contributed by atoms with Gasteiger partial charge in [0, 0.05) is 0 Å². The van der Waals surface area contributed by atoms with Crippen LogP contribution in [0.4, 0.5) is 0 Å². The molecule has 0 amide bonds. The molecule has 0 aromatic rings. The van der Waals surface area contributed by atoms with Crippen LogP contribution < -0.4 is 4.48 Å². The normalized spacial score (nSPS) is 3.88. The average Bonchev–Trinajstić information content (AvgIpc) is 1.75. The average molecular weight is 173 g/mol. The first kappa shape index (κ1) is 15.6. The molecule has 0 bridgehead atoms. The second kappa shape index (κ2) is 85.8. The number of hydrogen-bond donors (Lipinski definition) is 3. The summed E-state index contributed by atoms with van der Waals surface area (Å²) in [7, 11) is 0. The Kier molecular flexibility index (Phi) is 168. The van der Waals surface area contributed by atoms with Crippen LogP contribution >= 0.6 is 0 Å². The van der Waals surface area contributed by atoms with Crippen molar-refractivity contribution < 1.29 is 38.3 Å². The molecule has 0 saturated heterocycles. The molecular formula is C2H6NO4Zn. The third-order valence-electron chi connectivity index (χ3n) is 0. The standard InChI is InChI=1S/2CH2O2.H2N.Zn/c2*2-1-3;;/h2*1H,(H,2,3);1H2;/q;;-1;+1. The van der Waals surface area contributed by atoms with Gasteiger partial charge in [-0.15, -0.1) is 0 Å². The second-order valence-electron chi connectivity index (χ2n) is 0.211. The molecule has 8 heavy (non-hydrogen) atoms. The predicted molar refractivity (Wildman–Crippen MR) is 21.6 cm³/mol. The van der Waals surface area contributed by atoms with E-state index >= 15 is 0 Å². The van der Waals surface area contributed by atoms with Gasteiger partial charge in [0.1, 0.15) is 0 Å². The Bertz CT molecular complexity index is 35.0. The van der Waals surface area contributed by atoms with E-state index in [0.29, 0.717) is 0 Å². The molecule has 6 heteroatoms. The van der Waals surface area contributed by atoms with Gasteiger partial charge in [0.05, 0.1) is 0 Å². The van der Waals surface area contributed by atoms with Crippen LogP contribution in [0.2, 0.25) is 0 Å². The van der Waals surface area contributed by atoms with Crippen LogP contribution in [0, 0.1) is 0 Å². The Morgan fingerprint density at radius 1 is 1.12 bits per heavy atom. The monoisotopic (exact) mass is 172 g/mol. The fourth-order valence-electron chi connectivity index (χ4n) is 0. The summed E-state index contributed by atoms with van der Waals surface area (Å²) in [5.41, 5.74) is 0. The summed E-state index contributed by atoms with van der Waals surface area (Å²) >= 11 is 0.875. The molecule has 0 fully saturated rings. The minimum atomic E-state index is -0.250. The molecule has 0 aliphatic rings. The van der Waals surface area contributed by atoms with Crippen LogP contribution in [-0.4, -0.2) is 23.2 Å². The van der Waals surface area contributed by atoms with E-state index in [1.165, 1.54) is 0 Å². The number of nitrogens with two attached hydrogens (primary N) is 1. The summed E-state index contributed by atoms with van der Waals surface area (Å²) in [5, 5.41) is 13.8. The van der Waals surface area contributed by atoms with Crippen molar-refractivity contribution in [2.24, 2.45) is 4.48 Å². The zero-order valence-electron chi connectivity index (χ0n) is 4.15. The van der Waals surface area contributed by atoms with Crippen molar-refractivity contribution >= 4 is 12.9 Å². The van der Waals surface area contributed by atoms with Crippen LogP contribution in [0.25, 0.3) is 0 Å². The molecule has 0 aliphatic heterocycles. The van der Waals surface area contributed by atoms with Crippen molar-refractivity contribution in [2.45, 2.75) is 0 Å². The molecule has 0 aromatic carbocycles. The van der Waals surface area contributed by atoms with Gasteiger partial charge in [-0.2, -0.15) is 0 Å². The molecule has 0 heterocycles. The summed E-state index contributed by atoms with van der Waals surface area (Å²) in [4.78, 5) is 16.7. The van der Waals surface area contributed by atoms with E-state index < -0.39 is 0 Å². The number of carbonyl (C=O) groups is 2. The number of hydrogen-bond acceptors (Lipinski definition) is 3. The van der Waals surface area contributed by atoms with Crippen molar-refractivity contribution in [1.82, 2.24) is 0 Å². The molecule has 0 unspecified atom stereocenters. The number of carboxylic acid groups (broad SMARTS) is 2. The van der Waals surface area contributed by atoms with E-state index in [1.54, 1.807) is 0 Å². The maximum absolute atomic E-state index is 8.36. The van der Waals surface area contributed by atoms with Gasteiger partial charge in [-0.05, 0) is 0 Å². The third-order valence-corrected chi connectivity index (χ3v) is 0. The fraction of sp³-hybridized carbons (Fsp3) is 0. The summed E-state index contributed by atoms with van der Waals surface area (Å²) < 4.78 is 4.62. The first-order valence-corrected chi connectivity index (χ1v) is 3.11. The molecule has 4 N–H and O–H groups in total. The van der Waals surface area contributed by atoms with Gasteiger partial charge in [-0.3, -0.25) is 9.59 Å². The Labute approximate surface area is 56.4 Å². The van der Waals surface area contributed by atoms with Crippen LogP contribution in [0.15, 0.2) is 0 Å². The number of rotatable bonds is 0. The van der Waals surface area contributed by atoms with Gasteiger partial charge in [-0.25, -0.2) is 0 Å². The molecule has 0 radical (unpaired) electrons. The van der Waals surface area contributed by atoms with Gasteiger partial charge in [0.2, 0.25) is 0 Å². The summed E-state index contributed by atoms with van der Waals surface area (Å²) in [6, 6.07) is 0. The molecule has 0 rings (SSSR count). The predicted octanol–water partition coefficient (Wildman–Crippen LogP) is -1.19. The van der Waals surface area contributed by atoms with Crippen LogP contribution in [-0.2, 0) is 28.1 Å². The summed E-state index contributed by atoms with van der Waals surface area (Å²) in [6.45, 7) is -0.500. The van der Waals surface area contributed by atoms with Crippen molar-refractivity contribution in [3.05, 3.63) is 0 Å². The van der Waals surface area contributed by atoms with Crippen molar-refractivity contribution in [1.29, 1.82) is 0 Å². The van der Waals surface area contributed by atoms with E-state index in [1.807, 2.05) is 0 Å². The van der Waals surface area contributed by atoms with Crippen molar-refractivity contribution in [2.75, 3.05) is 0 Å². The first-order chi connectivity index (χ1) is 3.83.